The Morgan fingerprint density at radius 3 is 2.06 bits per heavy atom. The van der Waals surface area contributed by atoms with Crippen LogP contribution in [0.3, 0.4) is 0 Å². The van der Waals surface area contributed by atoms with Crippen molar-refractivity contribution in [2.75, 3.05) is 13.7 Å². The third-order valence-corrected chi connectivity index (χ3v) is 10.7. The predicted octanol–water partition coefficient (Wildman–Crippen LogP) is 1.24. The van der Waals surface area contributed by atoms with E-state index >= 15 is 0 Å². The maximum absolute atomic E-state index is 14.4. The molecule has 2 aromatic carbocycles. The fraction of sp³-hybridized carbons (Fsp3) is 0.500. The summed E-state index contributed by atoms with van der Waals surface area (Å²) in [4.78, 5) is 77.9. The number of hydrogen-bond donors (Lipinski definition) is 5. The Kier molecular flexibility index (Phi) is 16.4. The number of nitrogens with one attached hydrogen (secondary N) is 4. The molecular formula is C36H51N7O10S. The van der Waals surface area contributed by atoms with Crippen molar-refractivity contribution in [1.82, 2.24) is 30.1 Å². The van der Waals surface area contributed by atoms with Crippen molar-refractivity contribution >= 4 is 45.9 Å². The Balaban J connectivity index is 1.86. The number of hydrogen-bond acceptors (Lipinski definition) is 10. The van der Waals surface area contributed by atoms with Gasteiger partial charge in [-0.05, 0) is 35.8 Å². The van der Waals surface area contributed by atoms with Gasteiger partial charge < -0.3 is 31.2 Å². The number of alkyl carbamates (subject to hydrolysis) is 1. The van der Waals surface area contributed by atoms with E-state index in [4.69, 9.17) is 15.2 Å². The molecule has 0 saturated carbocycles. The SMILES string of the molecule is CC[C@H](C)[C@H](NC(=O)[C@@H]1CCCN1S(=O)(=O)N(Cc1ccccc1)NC(=O)[C@H](CC(N)=O)NC(=O)OCc1ccccc1)C(=O)N[C@H](C(=O)OC)C(C)C. The molecule has 5 atom stereocenters. The molecule has 0 unspecified atom stereocenters. The molecule has 6 N–H and O–H groups in total. The minimum Gasteiger partial charge on any atom is -0.467 e. The highest BCUT2D eigenvalue weighted by molar-refractivity contribution is 7.86. The maximum Gasteiger partial charge on any atom is 0.408 e. The lowest BCUT2D eigenvalue weighted by Crippen LogP contribution is -2.61. The van der Waals surface area contributed by atoms with Crippen LogP contribution in [0.4, 0.5) is 4.79 Å². The van der Waals surface area contributed by atoms with Crippen LogP contribution >= 0.6 is 0 Å². The first-order valence-electron chi connectivity index (χ1n) is 17.7. The number of nitrogens with zero attached hydrogens (tertiary/aromatic N) is 2. The Morgan fingerprint density at radius 2 is 1.50 bits per heavy atom. The molecule has 5 amide bonds. The third kappa shape index (κ3) is 12.2. The molecule has 17 nitrogen and oxygen atoms in total. The van der Waals surface area contributed by atoms with Gasteiger partial charge in [0.05, 0.1) is 20.1 Å². The van der Waals surface area contributed by atoms with Gasteiger partial charge in [0.25, 0.3) is 16.1 Å². The summed E-state index contributed by atoms with van der Waals surface area (Å²) in [5.74, 6) is -4.83. The molecule has 1 fully saturated rings. The third-order valence-electron chi connectivity index (χ3n) is 8.92. The van der Waals surface area contributed by atoms with Crippen LogP contribution in [-0.4, -0.2) is 90.7 Å². The molecule has 0 bridgehead atoms. The summed E-state index contributed by atoms with van der Waals surface area (Å²) in [7, 11) is -3.50. The second-order valence-corrected chi connectivity index (χ2v) is 15.1. The molecule has 54 heavy (non-hydrogen) atoms. The van der Waals surface area contributed by atoms with Gasteiger partial charge in [-0.1, -0.05) is 99.2 Å². The maximum atomic E-state index is 14.4. The van der Waals surface area contributed by atoms with E-state index in [2.05, 4.69) is 21.4 Å². The number of esters is 1. The topological polar surface area (TPSA) is 236 Å². The number of hydrazine groups is 1. The standard InChI is InChI=1S/C36H51N7O10S/c1-6-24(4)31(34(47)39-30(23(2)3)35(48)52-5)40-33(46)28-18-13-19-42(28)54(50,51)43(21-25-14-9-7-10-15-25)41-32(45)27(20-29(37)44)38-36(49)53-22-26-16-11-8-12-17-26/h7-12,14-17,23-24,27-28,30-31H,6,13,18-22H2,1-5H3,(H2,37,44)(H,38,49)(H,39,47)(H,40,46)(H,41,45)/t24-,27-,28-,30-,31-/m0/s1. The molecule has 0 aliphatic carbocycles. The summed E-state index contributed by atoms with van der Waals surface area (Å²) >= 11 is 0. The van der Waals surface area contributed by atoms with Gasteiger partial charge in [-0.25, -0.2) is 9.59 Å². The quantitative estimate of drug-likeness (QED) is 0.101. The number of rotatable bonds is 19. The Morgan fingerprint density at radius 1 is 0.889 bits per heavy atom. The van der Waals surface area contributed by atoms with E-state index in [0.717, 1.165) is 4.31 Å². The van der Waals surface area contributed by atoms with Gasteiger partial charge in [0.1, 0.15) is 30.8 Å². The summed E-state index contributed by atoms with van der Waals surface area (Å²) in [6.07, 6.45) is -0.898. The lowest BCUT2D eigenvalue weighted by atomic mass is 9.96. The number of benzene rings is 2. The molecule has 2 aromatic rings. The van der Waals surface area contributed by atoms with Crippen molar-refractivity contribution in [1.29, 1.82) is 0 Å². The summed E-state index contributed by atoms with van der Waals surface area (Å²) in [6.45, 7) is 6.36. The highest BCUT2D eigenvalue weighted by atomic mass is 32.2. The van der Waals surface area contributed by atoms with Crippen molar-refractivity contribution < 1.29 is 46.7 Å². The summed E-state index contributed by atoms with van der Waals surface area (Å²) in [6, 6.07) is 12.0. The first-order valence-corrected chi connectivity index (χ1v) is 19.1. The van der Waals surface area contributed by atoms with Gasteiger partial charge in [0.2, 0.25) is 17.7 Å². The number of carbonyl (C=O) groups excluding carboxylic acids is 6. The molecular weight excluding hydrogens is 723 g/mol. The zero-order valence-corrected chi connectivity index (χ0v) is 32.0. The molecule has 18 heteroatoms. The average molecular weight is 774 g/mol. The number of carbonyl (C=O) groups is 6. The Labute approximate surface area is 315 Å². The smallest absolute Gasteiger partial charge is 0.408 e. The minimum atomic E-state index is -4.70. The molecule has 3 rings (SSSR count). The normalized spacial score (nSPS) is 16.8. The summed E-state index contributed by atoms with van der Waals surface area (Å²) in [5.41, 5.74) is 8.80. The number of ether oxygens (including phenoxy) is 2. The predicted molar refractivity (Wildman–Crippen MR) is 196 cm³/mol. The van der Waals surface area contributed by atoms with Crippen molar-refractivity contribution in [3.63, 3.8) is 0 Å². The molecule has 0 aromatic heterocycles. The molecule has 1 saturated heterocycles. The molecule has 1 heterocycles. The Hall–Kier alpha value is -5.07. The fourth-order valence-corrected chi connectivity index (χ4v) is 7.32. The van der Waals surface area contributed by atoms with Crippen LogP contribution in [0.25, 0.3) is 0 Å². The van der Waals surface area contributed by atoms with Gasteiger partial charge in [-0.2, -0.15) is 12.7 Å². The van der Waals surface area contributed by atoms with Gasteiger partial charge in [0.15, 0.2) is 0 Å². The lowest BCUT2D eigenvalue weighted by Gasteiger charge is -2.33. The molecule has 296 valence electrons. The van der Waals surface area contributed by atoms with Crippen LogP contribution in [0.1, 0.15) is 64.5 Å². The Bertz CT molecular complexity index is 1710. The van der Waals surface area contributed by atoms with Crippen LogP contribution in [0.2, 0.25) is 0 Å². The van der Waals surface area contributed by atoms with E-state index in [0.29, 0.717) is 22.0 Å². The minimum absolute atomic E-state index is 0.100. The second-order valence-electron chi connectivity index (χ2n) is 13.3. The number of nitrogens with two attached hydrogens (primary N) is 1. The second kappa shape index (κ2) is 20.4. The molecule has 0 spiro atoms. The van der Waals surface area contributed by atoms with Crippen molar-refractivity contribution in [2.24, 2.45) is 17.6 Å². The van der Waals surface area contributed by atoms with Crippen LogP contribution in [-0.2, 0) is 56.8 Å². The number of methoxy groups -OCH3 is 1. The average Bonchev–Trinajstić information content (AvgIpc) is 3.66. The van der Waals surface area contributed by atoms with Gasteiger partial charge in [-0.3, -0.25) is 24.6 Å². The number of amides is 5. The molecule has 1 aliphatic rings. The first-order chi connectivity index (χ1) is 25.6. The van der Waals surface area contributed by atoms with Crippen LogP contribution in [0.5, 0.6) is 0 Å². The van der Waals surface area contributed by atoms with Gasteiger partial charge in [0, 0.05) is 6.54 Å². The van der Waals surface area contributed by atoms with Gasteiger partial charge >= 0.3 is 12.1 Å². The summed E-state index contributed by atoms with van der Waals surface area (Å²) in [5, 5.41) is 7.63. The van der Waals surface area contributed by atoms with Crippen molar-refractivity contribution in [3.05, 3.63) is 71.8 Å². The van der Waals surface area contributed by atoms with Gasteiger partial charge in [-0.15, -0.1) is 0 Å². The zero-order valence-electron chi connectivity index (χ0n) is 31.1. The van der Waals surface area contributed by atoms with E-state index in [1.807, 2.05) is 6.92 Å². The largest absolute Gasteiger partial charge is 0.467 e. The van der Waals surface area contributed by atoms with E-state index in [1.165, 1.54) is 7.11 Å². The van der Waals surface area contributed by atoms with Crippen LogP contribution in [0, 0.1) is 11.8 Å². The molecule has 0 radical (unpaired) electrons. The van der Waals surface area contributed by atoms with Crippen LogP contribution in [0.15, 0.2) is 60.7 Å². The molecule has 1 aliphatic heterocycles. The fourth-order valence-electron chi connectivity index (χ4n) is 5.67. The van der Waals surface area contributed by atoms with E-state index < -0.39 is 89.0 Å². The monoisotopic (exact) mass is 773 g/mol. The van der Waals surface area contributed by atoms with E-state index in [1.54, 1.807) is 81.4 Å². The van der Waals surface area contributed by atoms with Crippen molar-refractivity contribution in [3.8, 4) is 0 Å². The highest BCUT2D eigenvalue weighted by Gasteiger charge is 2.44. The van der Waals surface area contributed by atoms with E-state index in [9.17, 15) is 37.2 Å². The summed E-state index contributed by atoms with van der Waals surface area (Å²) < 4.78 is 40.3. The van der Waals surface area contributed by atoms with E-state index in [-0.39, 0.29) is 31.9 Å². The van der Waals surface area contributed by atoms with Crippen LogP contribution < -0.4 is 27.1 Å². The van der Waals surface area contributed by atoms with Crippen molar-refractivity contribution in [2.45, 2.75) is 90.7 Å². The lowest BCUT2D eigenvalue weighted by molar-refractivity contribution is -0.147. The number of primary amides is 1. The first kappa shape index (κ1) is 43.3. The highest BCUT2D eigenvalue weighted by Crippen LogP contribution is 2.25. The zero-order chi connectivity index (χ0) is 40.0.